The number of carbonyl (C=O) groups is 2. The van der Waals surface area contributed by atoms with Crippen molar-refractivity contribution in [2.24, 2.45) is 0 Å². The van der Waals surface area contributed by atoms with Gasteiger partial charge in [0.2, 0.25) is 11.8 Å². The molecule has 3 aromatic rings. The van der Waals surface area contributed by atoms with Crippen LogP contribution in [0, 0.1) is 6.92 Å². The zero-order valence-electron chi connectivity index (χ0n) is 16.0. The normalized spacial score (nSPS) is 10.9. The van der Waals surface area contributed by atoms with Crippen LogP contribution < -0.4 is 10.1 Å². The monoisotopic (exact) mass is 432 g/mol. The van der Waals surface area contributed by atoms with Crippen molar-refractivity contribution in [3.63, 3.8) is 0 Å². The van der Waals surface area contributed by atoms with Gasteiger partial charge in [0.05, 0.1) is 35.5 Å². The van der Waals surface area contributed by atoms with E-state index in [4.69, 9.17) is 9.84 Å². The summed E-state index contributed by atoms with van der Waals surface area (Å²) in [7, 11) is 0. The minimum absolute atomic E-state index is 0.0248. The minimum atomic E-state index is -0.555. The zero-order chi connectivity index (χ0) is 20.8. The molecule has 0 spiro atoms. The number of aliphatic hydroxyl groups is 1. The number of hydrogen-bond donors (Lipinski definition) is 2. The van der Waals surface area contributed by atoms with Crippen LogP contribution in [0.2, 0.25) is 0 Å². The van der Waals surface area contributed by atoms with Gasteiger partial charge in [-0.1, -0.05) is 11.8 Å². The Morgan fingerprint density at radius 2 is 2.14 bits per heavy atom. The highest BCUT2D eigenvalue weighted by molar-refractivity contribution is 8.00. The Balaban J connectivity index is 1.71. The maximum Gasteiger partial charge on any atom is 0.246 e. The van der Waals surface area contributed by atoms with Crippen molar-refractivity contribution in [3.8, 4) is 5.88 Å². The maximum absolute atomic E-state index is 12.6. The highest BCUT2D eigenvalue weighted by Crippen LogP contribution is 2.28. The van der Waals surface area contributed by atoms with Gasteiger partial charge >= 0.3 is 0 Å². The molecular weight excluding hydrogens is 412 g/mol. The molecule has 1 amide bonds. The highest BCUT2D eigenvalue weighted by atomic mass is 32.2. The molecule has 8 nitrogen and oxygen atoms in total. The molecule has 3 heterocycles. The van der Waals surface area contributed by atoms with Crippen molar-refractivity contribution in [1.29, 1.82) is 0 Å². The first-order valence-electron chi connectivity index (χ1n) is 8.89. The molecule has 0 aromatic carbocycles. The van der Waals surface area contributed by atoms with Gasteiger partial charge in [-0.05, 0) is 26.0 Å². The number of thioether (sulfide) groups is 1. The number of ether oxygens (including phenoxy) is 1. The van der Waals surface area contributed by atoms with Gasteiger partial charge < -0.3 is 15.2 Å². The first-order chi connectivity index (χ1) is 14.0. The summed E-state index contributed by atoms with van der Waals surface area (Å²) in [5.74, 6) is 0.850. The van der Waals surface area contributed by atoms with Crippen LogP contribution in [0.1, 0.15) is 27.3 Å². The van der Waals surface area contributed by atoms with Crippen LogP contribution in [0.5, 0.6) is 5.88 Å². The van der Waals surface area contributed by atoms with Crippen molar-refractivity contribution < 1.29 is 19.4 Å². The number of aromatic nitrogens is 3. The Hall–Kier alpha value is -2.56. The van der Waals surface area contributed by atoms with E-state index in [0.717, 1.165) is 10.3 Å². The topological polar surface area (TPSA) is 114 Å². The molecular formula is C19H20N4O4S2. The van der Waals surface area contributed by atoms with Gasteiger partial charge in [-0.2, -0.15) is 0 Å². The molecule has 0 fully saturated rings. The molecule has 0 radical (unpaired) electrons. The lowest BCUT2D eigenvalue weighted by atomic mass is 10.3. The number of nitrogens with one attached hydrogen (secondary N) is 1. The molecule has 3 rings (SSSR count). The fraction of sp³-hybridized carbons (Fsp3) is 0.316. The first-order valence-corrected chi connectivity index (χ1v) is 10.7. The van der Waals surface area contributed by atoms with Crippen LogP contribution >= 0.6 is 23.1 Å². The second kappa shape index (κ2) is 9.77. The van der Waals surface area contributed by atoms with Crippen LogP contribution in [0.15, 0.2) is 29.4 Å². The molecule has 3 aromatic heterocycles. The van der Waals surface area contributed by atoms with Gasteiger partial charge in [-0.25, -0.2) is 15.0 Å². The van der Waals surface area contributed by atoms with Crippen molar-refractivity contribution in [1.82, 2.24) is 20.3 Å². The third-order valence-electron chi connectivity index (χ3n) is 3.81. The first kappa shape index (κ1) is 21.2. The molecule has 29 heavy (non-hydrogen) atoms. The van der Waals surface area contributed by atoms with E-state index in [1.807, 2.05) is 6.92 Å². The number of nitrogens with zero attached hydrogens (tertiary/aromatic N) is 3. The number of hydrogen-bond acceptors (Lipinski definition) is 9. The fourth-order valence-electron chi connectivity index (χ4n) is 2.50. The summed E-state index contributed by atoms with van der Waals surface area (Å²) in [5.41, 5.74) is 0.703. The molecule has 0 aliphatic carbocycles. The third kappa shape index (κ3) is 5.49. The third-order valence-corrected chi connectivity index (χ3v) is 5.92. The van der Waals surface area contributed by atoms with Gasteiger partial charge in [-0.3, -0.25) is 9.59 Å². The predicted octanol–water partition coefficient (Wildman–Crippen LogP) is 2.38. The van der Waals surface area contributed by atoms with E-state index in [-0.39, 0.29) is 18.1 Å². The van der Waals surface area contributed by atoms with Crippen LogP contribution in [0.3, 0.4) is 0 Å². The van der Waals surface area contributed by atoms with Crippen LogP contribution in [0.4, 0.5) is 0 Å². The highest BCUT2D eigenvalue weighted by Gasteiger charge is 2.14. The second-order valence-electron chi connectivity index (χ2n) is 5.96. The lowest BCUT2D eigenvalue weighted by Crippen LogP contribution is -2.25. The molecule has 152 valence electrons. The maximum atomic E-state index is 12.6. The van der Waals surface area contributed by atoms with Crippen molar-refractivity contribution in [2.75, 3.05) is 19.0 Å². The quantitative estimate of drug-likeness (QED) is 0.301. The van der Waals surface area contributed by atoms with E-state index in [0.29, 0.717) is 33.7 Å². The molecule has 0 saturated heterocycles. The number of aliphatic hydroxyl groups excluding tert-OH is 1. The van der Waals surface area contributed by atoms with Gasteiger partial charge in [-0.15, -0.1) is 11.3 Å². The van der Waals surface area contributed by atoms with Crippen LogP contribution in [-0.4, -0.2) is 50.7 Å². The average Bonchev–Trinajstić information content (AvgIpc) is 3.19. The molecule has 0 atom stereocenters. The smallest absolute Gasteiger partial charge is 0.246 e. The molecule has 10 heteroatoms. The van der Waals surface area contributed by atoms with Crippen molar-refractivity contribution in [2.45, 2.75) is 25.4 Å². The van der Waals surface area contributed by atoms with Gasteiger partial charge in [0.25, 0.3) is 0 Å². The number of thiophene rings is 1. The Kier molecular flexibility index (Phi) is 7.13. The number of pyridine rings is 1. The summed E-state index contributed by atoms with van der Waals surface area (Å²) < 4.78 is 5.46. The standard InChI is InChI=1S/C19H20N4O4S2/c1-3-27-18-6-13-14(8-21-18)22-11(2)23-19(13)28-10-15(25)16-5-4-12(29-16)7-20-17(26)9-24/h4-6,8,24H,3,7,9-10H2,1-2H3,(H,20,26). The van der Waals surface area contributed by atoms with Gasteiger partial charge in [0.15, 0.2) is 5.78 Å². The average molecular weight is 433 g/mol. The number of ketones is 1. The molecule has 0 aliphatic rings. The van der Waals surface area contributed by atoms with Crippen molar-refractivity contribution >= 4 is 45.7 Å². The summed E-state index contributed by atoms with van der Waals surface area (Å²) >= 11 is 2.67. The summed E-state index contributed by atoms with van der Waals surface area (Å²) in [4.78, 5) is 38.3. The summed E-state index contributed by atoms with van der Waals surface area (Å²) in [6, 6.07) is 5.33. The Morgan fingerprint density at radius 3 is 2.90 bits per heavy atom. The number of aryl methyl sites for hydroxylation is 1. The predicted molar refractivity (Wildman–Crippen MR) is 112 cm³/mol. The van der Waals surface area contributed by atoms with Crippen molar-refractivity contribution in [3.05, 3.63) is 40.0 Å². The molecule has 0 saturated carbocycles. The SMILES string of the molecule is CCOc1cc2c(SCC(=O)c3ccc(CNC(=O)CO)s3)nc(C)nc2cn1. The fourth-order valence-corrected chi connectivity index (χ4v) is 4.42. The van der Waals surface area contributed by atoms with E-state index >= 15 is 0 Å². The number of Topliss-reactive ketones (excluding diaryl/α,β-unsaturated/α-hetero) is 1. The van der Waals surface area contributed by atoms with Crippen LogP contribution in [-0.2, 0) is 11.3 Å². The van der Waals surface area contributed by atoms with E-state index < -0.39 is 12.5 Å². The second-order valence-corrected chi connectivity index (χ2v) is 8.09. The number of carbonyl (C=O) groups excluding carboxylic acids is 2. The summed E-state index contributed by atoms with van der Waals surface area (Å²) in [5, 5.41) is 12.8. The van der Waals surface area contributed by atoms with Gasteiger partial charge in [0.1, 0.15) is 17.5 Å². The van der Waals surface area contributed by atoms with E-state index in [9.17, 15) is 9.59 Å². The lowest BCUT2D eigenvalue weighted by Gasteiger charge is -2.08. The molecule has 2 N–H and O–H groups in total. The number of fused-ring (bicyclic) bond motifs is 1. The largest absolute Gasteiger partial charge is 0.478 e. The minimum Gasteiger partial charge on any atom is -0.478 e. The van der Waals surface area contributed by atoms with E-state index in [2.05, 4.69) is 20.3 Å². The number of rotatable bonds is 9. The van der Waals surface area contributed by atoms with E-state index in [1.165, 1.54) is 23.1 Å². The Labute approximate surface area is 175 Å². The van der Waals surface area contributed by atoms with Crippen LogP contribution in [0.25, 0.3) is 10.9 Å². The van der Waals surface area contributed by atoms with E-state index in [1.54, 1.807) is 31.3 Å². The number of amides is 1. The Bertz CT molecular complexity index is 1040. The molecule has 0 aliphatic heterocycles. The zero-order valence-corrected chi connectivity index (χ0v) is 17.6. The summed E-state index contributed by atoms with van der Waals surface area (Å²) in [6.45, 7) is 3.92. The molecule has 0 bridgehead atoms. The van der Waals surface area contributed by atoms with Gasteiger partial charge in [0, 0.05) is 16.3 Å². The molecule has 0 unspecified atom stereocenters. The summed E-state index contributed by atoms with van der Waals surface area (Å²) in [6.07, 6.45) is 1.65. The Morgan fingerprint density at radius 1 is 1.31 bits per heavy atom. The lowest BCUT2D eigenvalue weighted by molar-refractivity contribution is -0.123.